The summed E-state index contributed by atoms with van der Waals surface area (Å²) in [6.07, 6.45) is 1.03. The van der Waals surface area contributed by atoms with E-state index in [0.29, 0.717) is 11.5 Å². The molecule has 0 fully saturated rings. The maximum atomic E-state index is 11.6. The first-order chi connectivity index (χ1) is 7.79. The molecule has 0 amide bonds. The van der Waals surface area contributed by atoms with Gasteiger partial charge < -0.3 is 0 Å². The second-order valence-electron chi connectivity index (χ2n) is 4.29. The summed E-state index contributed by atoms with van der Waals surface area (Å²) in [5.74, 6) is 0.180. The molecule has 0 heterocycles. The summed E-state index contributed by atoms with van der Waals surface area (Å²) >= 11 is 0. The largest absolute Gasteiger partial charge is 0.293 e. The van der Waals surface area contributed by atoms with Crippen LogP contribution in [0.15, 0.2) is 24.3 Å². The number of carbonyl (C=O) groups is 1. The summed E-state index contributed by atoms with van der Waals surface area (Å²) in [5, 5.41) is 0. The lowest BCUT2D eigenvalue weighted by atomic mass is 10.0. The molecule has 0 aliphatic carbocycles. The quantitative estimate of drug-likeness (QED) is 0.812. The summed E-state index contributed by atoms with van der Waals surface area (Å²) in [6, 6.07) is 7.22. The minimum absolute atomic E-state index is 0.195. The molecule has 17 heavy (non-hydrogen) atoms. The van der Waals surface area contributed by atoms with Gasteiger partial charge in [0.25, 0.3) is 0 Å². The minimum Gasteiger partial charge on any atom is -0.293 e. The molecule has 0 atom stereocenters. The Hall–Kier alpha value is -1.20. The molecule has 1 rings (SSSR count). The molecule has 0 aromatic heterocycles. The van der Waals surface area contributed by atoms with Gasteiger partial charge in [-0.2, -0.15) is 0 Å². The molecular formula is C12H17NO3S. The minimum atomic E-state index is -3.32. The van der Waals surface area contributed by atoms with Crippen LogP contribution in [0.3, 0.4) is 0 Å². The Labute approximate surface area is 102 Å². The molecule has 1 aromatic carbocycles. The zero-order valence-electron chi connectivity index (χ0n) is 10.2. The van der Waals surface area contributed by atoms with Crippen molar-refractivity contribution in [3.05, 3.63) is 35.4 Å². The maximum absolute atomic E-state index is 11.6. The number of hydrogen-bond donors (Lipinski definition) is 1. The predicted molar refractivity (Wildman–Crippen MR) is 67.7 cm³/mol. The number of rotatable bonds is 5. The van der Waals surface area contributed by atoms with Crippen LogP contribution in [0.2, 0.25) is 0 Å². The van der Waals surface area contributed by atoms with Gasteiger partial charge in [0.15, 0.2) is 5.78 Å². The number of ketones is 1. The molecule has 94 valence electrons. The Kier molecular flexibility index (Phi) is 4.42. The van der Waals surface area contributed by atoms with Gasteiger partial charge in [0, 0.05) is 5.56 Å². The van der Waals surface area contributed by atoms with Crippen molar-refractivity contribution in [3.8, 4) is 0 Å². The summed E-state index contributed by atoms with van der Waals surface area (Å²) in [7, 11) is -3.32. The van der Waals surface area contributed by atoms with Crippen LogP contribution in [0.4, 0.5) is 0 Å². The molecule has 0 aliphatic heterocycles. The van der Waals surface area contributed by atoms with E-state index in [2.05, 4.69) is 18.6 Å². The van der Waals surface area contributed by atoms with Crippen LogP contribution < -0.4 is 4.72 Å². The highest BCUT2D eigenvalue weighted by atomic mass is 32.2. The highest BCUT2D eigenvalue weighted by Crippen LogP contribution is 2.14. The van der Waals surface area contributed by atoms with Gasteiger partial charge in [-0.05, 0) is 11.5 Å². The van der Waals surface area contributed by atoms with Crippen LogP contribution >= 0.6 is 0 Å². The number of carbonyl (C=O) groups excluding carboxylic acids is 1. The highest BCUT2D eigenvalue weighted by molar-refractivity contribution is 7.88. The fraction of sp³-hybridized carbons (Fsp3) is 0.417. The van der Waals surface area contributed by atoms with Crippen molar-refractivity contribution in [2.24, 2.45) is 0 Å². The molecule has 4 nitrogen and oxygen atoms in total. The van der Waals surface area contributed by atoms with Gasteiger partial charge in [-0.3, -0.25) is 4.79 Å². The Morgan fingerprint density at radius 2 is 1.76 bits per heavy atom. The summed E-state index contributed by atoms with van der Waals surface area (Å²) < 4.78 is 23.9. The van der Waals surface area contributed by atoms with Crippen molar-refractivity contribution in [1.82, 2.24) is 4.72 Å². The first-order valence-electron chi connectivity index (χ1n) is 5.37. The van der Waals surface area contributed by atoms with E-state index in [0.717, 1.165) is 11.8 Å². The summed E-state index contributed by atoms with van der Waals surface area (Å²) in [5.41, 5.74) is 1.67. The summed E-state index contributed by atoms with van der Waals surface area (Å²) in [4.78, 5) is 11.6. The smallest absolute Gasteiger partial charge is 0.209 e. The molecule has 1 aromatic rings. The number of nitrogens with one attached hydrogen (secondary N) is 1. The van der Waals surface area contributed by atoms with E-state index in [9.17, 15) is 13.2 Å². The predicted octanol–water partition coefficient (Wildman–Crippen LogP) is 1.54. The third-order valence-electron chi connectivity index (χ3n) is 2.39. The van der Waals surface area contributed by atoms with Crippen molar-refractivity contribution in [2.75, 3.05) is 12.8 Å². The first kappa shape index (κ1) is 13.9. The summed E-state index contributed by atoms with van der Waals surface area (Å²) in [6.45, 7) is 3.95. The van der Waals surface area contributed by atoms with E-state index >= 15 is 0 Å². The van der Waals surface area contributed by atoms with E-state index in [-0.39, 0.29) is 12.3 Å². The number of benzene rings is 1. The fourth-order valence-electron chi connectivity index (χ4n) is 1.35. The van der Waals surface area contributed by atoms with E-state index in [1.807, 2.05) is 12.1 Å². The van der Waals surface area contributed by atoms with Gasteiger partial charge in [0.1, 0.15) is 0 Å². The lowest BCUT2D eigenvalue weighted by molar-refractivity contribution is 0.0997. The van der Waals surface area contributed by atoms with E-state index in [1.54, 1.807) is 12.1 Å². The fourth-order valence-corrected chi connectivity index (χ4v) is 1.75. The Morgan fingerprint density at radius 3 is 2.18 bits per heavy atom. The topological polar surface area (TPSA) is 63.2 Å². The van der Waals surface area contributed by atoms with Crippen molar-refractivity contribution in [3.63, 3.8) is 0 Å². The lowest BCUT2D eigenvalue weighted by Crippen LogP contribution is -2.28. The Balaban J connectivity index is 2.70. The lowest BCUT2D eigenvalue weighted by Gasteiger charge is -2.06. The average Bonchev–Trinajstić information content (AvgIpc) is 2.25. The van der Waals surface area contributed by atoms with Gasteiger partial charge in [-0.1, -0.05) is 38.1 Å². The molecule has 5 heteroatoms. The van der Waals surface area contributed by atoms with E-state index < -0.39 is 10.0 Å². The van der Waals surface area contributed by atoms with Crippen molar-refractivity contribution in [2.45, 2.75) is 19.8 Å². The molecule has 0 saturated heterocycles. The van der Waals surface area contributed by atoms with Crippen LogP contribution in [-0.2, 0) is 10.0 Å². The molecular weight excluding hydrogens is 238 g/mol. The van der Waals surface area contributed by atoms with Gasteiger partial charge in [-0.15, -0.1) is 0 Å². The zero-order valence-corrected chi connectivity index (χ0v) is 11.0. The third-order valence-corrected chi connectivity index (χ3v) is 3.06. The molecule has 0 saturated carbocycles. The second-order valence-corrected chi connectivity index (χ2v) is 6.13. The van der Waals surface area contributed by atoms with E-state index in [1.165, 1.54) is 0 Å². The van der Waals surface area contributed by atoms with Crippen LogP contribution in [-0.4, -0.2) is 27.0 Å². The number of hydrogen-bond acceptors (Lipinski definition) is 3. The molecule has 0 unspecified atom stereocenters. The van der Waals surface area contributed by atoms with Gasteiger partial charge in [-0.25, -0.2) is 13.1 Å². The number of sulfonamides is 1. The van der Waals surface area contributed by atoms with Crippen molar-refractivity contribution in [1.29, 1.82) is 0 Å². The highest BCUT2D eigenvalue weighted by Gasteiger charge is 2.09. The number of Topliss-reactive ketones (excluding diaryl/α,β-unsaturated/α-hetero) is 1. The van der Waals surface area contributed by atoms with Crippen LogP contribution in [0.5, 0.6) is 0 Å². The molecule has 0 spiro atoms. The van der Waals surface area contributed by atoms with Crippen molar-refractivity contribution < 1.29 is 13.2 Å². The molecule has 0 radical (unpaired) electrons. The van der Waals surface area contributed by atoms with Crippen LogP contribution in [0, 0.1) is 0 Å². The molecule has 0 bridgehead atoms. The second kappa shape index (κ2) is 5.42. The monoisotopic (exact) mass is 255 g/mol. The Morgan fingerprint density at radius 1 is 1.24 bits per heavy atom. The SMILES string of the molecule is CC(C)c1ccc(C(=O)CNS(C)(=O)=O)cc1. The van der Waals surface area contributed by atoms with Gasteiger partial charge in [0.2, 0.25) is 10.0 Å². The van der Waals surface area contributed by atoms with Gasteiger partial charge >= 0.3 is 0 Å². The van der Waals surface area contributed by atoms with Gasteiger partial charge in [0.05, 0.1) is 12.8 Å². The first-order valence-corrected chi connectivity index (χ1v) is 7.26. The molecule has 0 aliphatic rings. The maximum Gasteiger partial charge on any atom is 0.209 e. The third kappa shape index (κ3) is 4.66. The molecule has 1 N–H and O–H groups in total. The normalized spacial score (nSPS) is 11.8. The van der Waals surface area contributed by atoms with Crippen molar-refractivity contribution >= 4 is 15.8 Å². The Bertz CT molecular complexity index is 489. The van der Waals surface area contributed by atoms with Crippen LogP contribution in [0.25, 0.3) is 0 Å². The standard InChI is InChI=1S/C12H17NO3S/c1-9(2)10-4-6-11(7-5-10)12(14)8-13-17(3,15)16/h4-7,9,13H,8H2,1-3H3. The van der Waals surface area contributed by atoms with E-state index in [4.69, 9.17) is 0 Å². The average molecular weight is 255 g/mol. The zero-order chi connectivity index (χ0) is 13.1. The van der Waals surface area contributed by atoms with Crippen LogP contribution in [0.1, 0.15) is 35.7 Å².